The Morgan fingerprint density at radius 2 is 1.90 bits per heavy atom. The summed E-state index contributed by atoms with van der Waals surface area (Å²) in [4.78, 5) is 5.66. The summed E-state index contributed by atoms with van der Waals surface area (Å²) in [6.07, 6.45) is 1.93. The van der Waals surface area contributed by atoms with Gasteiger partial charge >= 0.3 is 0 Å². The van der Waals surface area contributed by atoms with E-state index >= 15 is 0 Å². The number of nitrogens with zero attached hydrogens (tertiary/aromatic N) is 1. The van der Waals surface area contributed by atoms with E-state index < -0.39 is 0 Å². The summed E-state index contributed by atoms with van der Waals surface area (Å²) in [5.74, 6) is 1.79. The molecule has 0 unspecified atom stereocenters. The topological polar surface area (TPSA) is 24.9 Å². The highest BCUT2D eigenvalue weighted by Crippen LogP contribution is 2.34. The van der Waals surface area contributed by atoms with Crippen LogP contribution in [0.15, 0.2) is 59.6 Å². The smallest absolute Gasteiger partial charge is 0.133 e. The summed E-state index contributed by atoms with van der Waals surface area (Å²) >= 11 is 7.91. The first-order valence-electron chi connectivity index (χ1n) is 6.70. The third-order valence-corrected chi connectivity index (χ3v) is 4.64. The van der Waals surface area contributed by atoms with Crippen LogP contribution in [-0.2, 0) is 5.75 Å². The van der Waals surface area contributed by atoms with E-state index in [1.165, 1.54) is 15.8 Å². The zero-order valence-electron chi connectivity index (χ0n) is 11.6. The number of halogens is 1. The Bertz CT molecular complexity index is 759. The van der Waals surface area contributed by atoms with Gasteiger partial charge in [0.1, 0.15) is 5.82 Å². The molecule has 0 saturated heterocycles. The third-order valence-electron chi connectivity index (χ3n) is 3.29. The van der Waals surface area contributed by atoms with Crippen molar-refractivity contribution in [3.8, 4) is 0 Å². The Kier molecular flexibility index (Phi) is 4.32. The molecule has 0 fully saturated rings. The van der Waals surface area contributed by atoms with Crippen molar-refractivity contribution in [1.29, 1.82) is 0 Å². The van der Waals surface area contributed by atoms with Gasteiger partial charge in [0.15, 0.2) is 0 Å². The maximum Gasteiger partial charge on any atom is 0.133 e. The van der Waals surface area contributed by atoms with Gasteiger partial charge in [0.2, 0.25) is 0 Å². The first kappa shape index (κ1) is 14.2. The lowest BCUT2D eigenvalue weighted by atomic mass is 10.1. The molecule has 1 heterocycles. The molecule has 0 aliphatic heterocycles. The van der Waals surface area contributed by atoms with E-state index in [1.807, 2.05) is 31.4 Å². The molecule has 2 aromatic carbocycles. The minimum atomic E-state index is 0.728. The van der Waals surface area contributed by atoms with Crippen molar-refractivity contribution in [3.63, 3.8) is 0 Å². The monoisotopic (exact) mass is 314 g/mol. The normalized spacial score (nSPS) is 10.8. The molecular formula is C17H15ClN2S. The van der Waals surface area contributed by atoms with Crippen LogP contribution in [0.3, 0.4) is 0 Å². The minimum absolute atomic E-state index is 0.728. The second-order valence-electron chi connectivity index (χ2n) is 4.69. The van der Waals surface area contributed by atoms with Crippen LogP contribution in [0.4, 0.5) is 5.82 Å². The largest absolute Gasteiger partial charge is 0.373 e. The van der Waals surface area contributed by atoms with E-state index in [-0.39, 0.29) is 0 Å². The molecule has 1 aromatic heterocycles. The Morgan fingerprint density at radius 3 is 2.67 bits per heavy atom. The molecule has 0 bridgehead atoms. The number of thioether (sulfide) groups is 1. The highest BCUT2D eigenvalue weighted by molar-refractivity contribution is 7.98. The van der Waals surface area contributed by atoms with Gasteiger partial charge in [-0.05, 0) is 17.7 Å². The van der Waals surface area contributed by atoms with E-state index in [9.17, 15) is 0 Å². The molecule has 4 heteroatoms. The van der Waals surface area contributed by atoms with Crippen LogP contribution in [-0.4, -0.2) is 12.0 Å². The summed E-state index contributed by atoms with van der Waals surface area (Å²) in [6.45, 7) is 0. The van der Waals surface area contributed by atoms with Crippen molar-refractivity contribution in [1.82, 2.24) is 4.98 Å². The maximum absolute atomic E-state index is 6.11. The molecule has 0 saturated carbocycles. The molecule has 0 spiro atoms. The van der Waals surface area contributed by atoms with Gasteiger partial charge in [-0.25, -0.2) is 4.98 Å². The second kappa shape index (κ2) is 6.37. The fourth-order valence-corrected chi connectivity index (χ4v) is 3.39. The summed E-state index contributed by atoms with van der Waals surface area (Å²) < 4.78 is 0. The molecule has 0 atom stereocenters. The Morgan fingerprint density at radius 1 is 1.10 bits per heavy atom. The second-order valence-corrected chi connectivity index (χ2v) is 6.14. The molecule has 2 nitrogen and oxygen atoms in total. The molecule has 21 heavy (non-hydrogen) atoms. The number of rotatable bonds is 4. The number of hydrogen-bond donors (Lipinski definition) is 1. The van der Waals surface area contributed by atoms with E-state index in [4.69, 9.17) is 11.6 Å². The van der Waals surface area contributed by atoms with Crippen molar-refractivity contribution in [3.05, 3.63) is 65.3 Å². The van der Waals surface area contributed by atoms with Crippen molar-refractivity contribution in [2.75, 3.05) is 12.4 Å². The van der Waals surface area contributed by atoms with Gasteiger partial charge in [0.25, 0.3) is 0 Å². The fourth-order valence-electron chi connectivity index (χ4n) is 2.24. The average Bonchev–Trinajstić information content (AvgIpc) is 2.53. The Labute approximate surface area is 133 Å². The number of pyridine rings is 1. The molecule has 0 amide bonds. The summed E-state index contributed by atoms with van der Waals surface area (Å²) in [5, 5.41) is 6.09. The van der Waals surface area contributed by atoms with Gasteiger partial charge in [-0.15, -0.1) is 11.8 Å². The number of anilines is 1. The molecular weight excluding hydrogens is 300 g/mol. The van der Waals surface area contributed by atoms with E-state index in [0.29, 0.717) is 0 Å². The van der Waals surface area contributed by atoms with Gasteiger partial charge in [-0.1, -0.05) is 48.0 Å². The lowest BCUT2D eigenvalue weighted by molar-refractivity contribution is 1.25. The van der Waals surface area contributed by atoms with E-state index in [1.54, 1.807) is 11.8 Å². The van der Waals surface area contributed by atoms with Crippen molar-refractivity contribution in [2.24, 2.45) is 0 Å². The highest BCUT2D eigenvalue weighted by atomic mass is 35.5. The fraction of sp³-hybridized carbons (Fsp3) is 0.118. The summed E-state index contributed by atoms with van der Waals surface area (Å²) in [7, 11) is 1.87. The number of nitrogens with one attached hydrogen (secondary N) is 1. The van der Waals surface area contributed by atoms with Crippen molar-refractivity contribution >= 4 is 40.0 Å². The Hall–Kier alpha value is -1.71. The number of aromatic nitrogens is 1. The Balaban J connectivity index is 1.96. The standard InChI is InChI=1S/C17H15ClN2S/c1-19-17-15-9-13(18)7-8-14(15)16(10-20-17)21-11-12-5-3-2-4-6-12/h2-10H,11H2,1H3,(H,19,20). The molecule has 0 aliphatic rings. The van der Waals surface area contributed by atoms with E-state index in [2.05, 4.69) is 40.6 Å². The van der Waals surface area contributed by atoms with Gasteiger partial charge in [0.05, 0.1) is 0 Å². The lowest BCUT2D eigenvalue weighted by Gasteiger charge is -2.10. The van der Waals surface area contributed by atoms with Gasteiger partial charge in [0, 0.05) is 39.7 Å². The molecule has 3 rings (SSSR count). The first-order chi connectivity index (χ1) is 10.3. The SMILES string of the molecule is CNc1ncc(SCc2ccccc2)c2ccc(Cl)cc12. The van der Waals surface area contributed by atoms with Crippen LogP contribution >= 0.6 is 23.4 Å². The van der Waals surface area contributed by atoms with Gasteiger partial charge in [-0.3, -0.25) is 0 Å². The van der Waals surface area contributed by atoms with Crippen LogP contribution < -0.4 is 5.32 Å². The number of fused-ring (bicyclic) bond motifs is 1. The van der Waals surface area contributed by atoms with Crippen molar-refractivity contribution < 1.29 is 0 Å². The number of benzene rings is 2. The van der Waals surface area contributed by atoms with Crippen LogP contribution in [0.25, 0.3) is 10.8 Å². The van der Waals surface area contributed by atoms with Crippen LogP contribution in [0.2, 0.25) is 5.02 Å². The zero-order chi connectivity index (χ0) is 14.7. The average molecular weight is 315 g/mol. The van der Waals surface area contributed by atoms with Gasteiger partial charge < -0.3 is 5.32 Å². The van der Waals surface area contributed by atoms with Crippen molar-refractivity contribution in [2.45, 2.75) is 10.6 Å². The summed E-state index contributed by atoms with van der Waals surface area (Å²) in [5.41, 5.74) is 1.31. The number of hydrogen-bond acceptors (Lipinski definition) is 3. The third kappa shape index (κ3) is 3.14. The van der Waals surface area contributed by atoms with E-state index in [0.717, 1.165) is 22.0 Å². The molecule has 1 N–H and O–H groups in total. The minimum Gasteiger partial charge on any atom is -0.373 e. The predicted octanol–water partition coefficient (Wildman–Crippen LogP) is 5.22. The van der Waals surface area contributed by atoms with Gasteiger partial charge in [-0.2, -0.15) is 0 Å². The molecule has 3 aromatic rings. The predicted molar refractivity (Wildman–Crippen MR) is 92.3 cm³/mol. The first-order valence-corrected chi connectivity index (χ1v) is 8.07. The maximum atomic E-state index is 6.11. The zero-order valence-corrected chi connectivity index (χ0v) is 13.2. The highest BCUT2D eigenvalue weighted by Gasteiger charge is 2.08. The lowest BCUT2D eigenvalue weighted by Crippen LogP contribution is -1.94. The summed E-state index contributed by atoms with van der Waals surface area (Å²) in [6, 6.07) is 16.4. The van der Waals surface area contributed by atoms with Crippen LogP contribution in [0, 0.1) is 0 Å². The molecule has 106 valence electrons. The quantitative estimate of drug-likeness (QED) is 0.668. The van der Waals surface area contributed by atoms with Crippen LogP contribution in [0.1, 0.15) is 5.56 Å². The van der Waals surface area contributed by atoms with Crippen LogP contribution in [0.5, 0.6) is 0 Å². The molecule has 0 radical (unpaired) electrons. The molecule has 0 aliphatic carbocycles.